The molecule has 2 N–H and O–H groups in total. The third kappa shape index (κ3) is 5.35. The van der Waals surface area contributed by atoms with Gasteiger partial charge in [0.15, 0.2) is 5.82 Å². The Labute approximate surface area is 166 Å². The lowest BCUT2D eigenvalue weighted by Crippen LogP contribution is -2.41. The molecule has 0 fully saturated rings. The first-order valence-corrected chi connectivity index (χ1v) is 7.99. The number of rotatable bonds is 2. The van der Waals surface area contributed by atoms with Crippen LogP contribution < -0.4 is 10.6 Å². The highest BCUT2D eigenvalue weighted by Gasteiger charge is 2.38. The first kappa shape index (κ1) is 22.7. The van der Waals surface area contributed by atoms with Gasteiger partial charge >= 0.3 is 18.2 Å². The van der Waals surface area contributed by atoms with Gasteiger partial charge in [-0.1, -0.05) is 34.8 Å². The minimum absolute atomic E-state index is 0.255. The van der Waals surface area contributed by atoms with Crippen LogP contribution in [0.2, 0.25) is 0 Å². The van der Waals surface area contributed by atoms with Crippen molar-refractivity contribution in [2.75, 3.05) is 12.4 Å². The maximum Gasteiger partial charge on any atom is 0.417 e. The predicted octanol–water partition coefficient (Wildman–Crippen LogP) is 4.41. The highest BCUT2D eigenvalue weighted by Crippen LogP contribution is 2.40. The molecule has 0 radical (unpaired) electrons. The van der Waals surface area contributed by atoms with E-state index in [4.69, 9.17) is 34.8 Å². The number of imide groups is 1. The monoisotopic (exact) mass is 502 g/mol. The van der Waals surface area contributed by atoms with E-state index >= 15 is 0 Å². The van der Waals surface area contributed by atoms with Crippen molar-refractivity contribution >= 4 is 74.3 Å². The molecule has 0 spiro atoms. The van der Waals surface area contributed by atoms with Gasteiger partial charge < -0.3 is 10.1 Å². The summed E-state index contributed by atoms with van der Waals surface area (Å²) in [5.41, 5.74) is -3.48. The van der Waals surface area contributed by atoms with Gasteiger partial charge in [-0.05, 0) is 22.0 Å². The second kappa shape index (κ2) is 8.15. The Morgan fingerprint density at radius 2 is 1.73 bits per heavy atom. The van der Waals surface area contributed by atoms with Gasteiger partial charge in [0, 0.05) is 0 Å². The summed E-state index contributed by atoms with van der Waals surface area (Å²) < 4.78 is 53.8. The number of urea groups is 1. The summed E-state index contributed by atoms with van der Waals surface area (Å²) in [5, 5.41) is 3.20. The second-order valence-electron chi connectivity index (χ2n) is 4.37. The molecule has 0 aliphatic rings. The molecule has 6 nitrogen and oxygen atoms in total. The number of amides is 3. The van der Waals surface area contributed by atoms with E-state index in [1.807, 2.05) is 0 Å². The summed E-state index contributed by atoms with van der Waals surface area (Å²) in [7, 11) is 0.825. The van der Waals surface area contributed by atoms with E-state index in [1.165, 1.54) is 5.32 Å². The maximum absolute atomic E-state index is 14.3. The molecule has 1 aromatic carbocycles. The Hall–Kier alpha value is -1.30. The number of benzene rings is 1. The molecular weight excluding hydrogens is 498 g/mol. The van der Waals surface area contributed by atoms with Gasteiger partial charge in [0.05, 0.1) is 28.4 Å². The van der Waals surface area contributed by atoms with Gasteiger partial charge in [-0.3, -0.25) is 10.1 Å². The van der Waals surface area contributed by atoms with Crippen LogP contribution in [0.25, 0.3) is 0 Å². The highest BCUT2D eigenvalue weighted by molar-refractivity contribution is 9.10. The molecule has 0 unspecified atom stereocenters. The third-order valence-electron chi connectivity index (χ3n) is 2.64. The molecule has 144 valence electrons. The third-order valence-corrected chi connectivity index (χ3v) is 3.93. The number of methoxy groups -OCH3 is 1. The SMILES string of the molecule is COC(=O)c1cc(C(F)(F)F)c(Br)c(F)c1NC(=O)NC(=O)C(Cl)(Cl)Cl. The van der Waals surface area contributed by atoms with Crippen LogP contribution >= 0.6 is 50.7 Å². The average Bonchev–Trinajstić information content (AvgIpc) is 2.49. The van der Waals surface area contributed by atoms with Crippen LogP contribution in [0.15, 0.2) is 10.5 Å². The zero-order valence-corrected chi connectivity index (χ0v) is 16.1. The zero-order valence-electron chi connectivity index (χ0n) is 12.2. The maximum atomic E-state index is 14.3. The van der Waals surface area contributed by atoms with Gasteiger partial charge in [0.2, 0.25) is 0 Å². The van der Waals surface area contributed by atoms with Crippen molar-refractivity contribution in [3.05, 3.63) is 27.5 Å². The Morgan fingerprint density at radius 1 is 1.19 bits per heavy atom. The fourth-order valence-corrected chi connectivity index (χ4v) is 2.22. The summed E-state index contributed by atoms with van der Waals surface area (Å²) in [5.74, 6) is -4.45. The van der Waals surface area contributed by atoms with Crippen molar-refractivity contribution in [2.24, 2.45) is 0 Å². The van der Waals surface area contributed by atoms with Crippen molar-refractivity contribution in [3.63, 3.8) is 0 Å². The number of esters is 1. The molecule has 26 heavy (non-hydrogen) atoms. The topological polar surface area (TPSA) is 84.5 Å². The minimum atomic E-state index is -5.02. The van der Waals surface area contributed by atoms with Crippen LogP contribution in [0.4, 0.5) is 28.0 Å². The van der Waals surface area contributed by atoms with Crippen LogP contribution in [0.5, 0.6) is 0 Å². The Bertz CT molecular complexity index is 768. The van der Waals surface area contributed by atoms with Crippen molar-refractivity contribution in [1.82, 2.24) is 5.32 Å². The molecule has 0 aromatic heterocycles. The van der Waals surface area contributed by atoms with Gasteiger partial charge in [-0.15, -0.1) is 0 Å². The summed E-state index contributed by atoms with van der Waals surface area (Å²) in [4.78, 5) is 34.7. The molecule has 0 atom stereocenters. The minimum Gasteiger partial charge on any atom is -0.465 e. The van der Waals surface area contributed by atoms with Crippen LogP contribution in [0.1, 0.15) is 15.9 Å². The van der Waals surface area contributed by atoms with Crippen LogP contribution in [0.3, 0.4) is 0 Å². The summed E-state index contributed by atoms with van der Waals surface area (Å²) >= 11 is 18.1. The van der Waals surface area contributed by atoms with Crippen LogP contribution in [-0.4, -0.2) is 28.8 Å². The van der Waals surface area contributed by atoms with Crippen molar-refractivity contribution in [1.29, 1.82) is 0 Å². The number of anilines is 1. The molecule has 1 aromatic rings. The number of hydrogen-bond donors (Lipinski definition) is 2. The molecule has 14 heteroatoms. The molecule has 0 aliphatic carbocycles. The van der Waals surface area contributed by atoms with E-state index in [-0.39, 0.29) is 6.07 Å². The molecule has 0 aliphatic heterocycles. The van der Waals surface area contributed by atoms with E-state index in [0.717, 1.165) is 7.11 Å². The molecule has 1 rings (SSSR count). The highest BCUT2D eigenvalue weighted by atomic mass is 79.9. The molecule has 0 bridgehead atoms. The largest absolute Gasteiger partial charge is 0.465 e. The quantitative estimate of drug-likeness (QED) is 0.355. The molecule has 0 saturated heterocycles. The normalized spacial score (nSPS) is 11.7. The first-order valence-electron chi connectivity index (χ1n) is 6.06. The zero-order chi connectivity index (χ0) is 20.4. The lowest BCUT2D eigenvalue weighted by molar-refractivity contribution is -0.138. The summed E-state index contributed by atoms with van der Waals surface area (Å²) in [6.07, 6.45) is -5.02. The molecule has 3 amide bonds. The Kier molecular flexibility index (Phi) is 7.13. The Balaban J connectivity index is 3.38. The number of ether oxygens (including phenoxy) is 1. The van der Waals surface area contributed by atoms with E-state index in [1.54, 1.807) is 5.32 Å². The van der Waals surface area contributed by atoms with Gasteiger partial charge in [-0.25, -0.2) is 14.0 Å². The average molecular weight is 504 g/mol. The number of nitrogens with one attached hydrogen (secondary N) is 2. The summed E-state index contributed by atoms with van der Waals surface area (Å²) in [6, 6.07) is -1.22. The van der Waals surface area contributed by atoms with Crippen molar-refractivity contribution in [2.45, 2.75) is 9.97 Å². The fraction of sp³-hybridized carbons (Fsp3) is 0.250. The number of carbonyl (C=O) groups is 3. The van der Waals surface area contributed by atoms with E-state index in [2.05, 4.69) is 20.7 Å². The van der Waals surface area contributed by atoms with E-state index < -0.39 is 55.0 Å². The van der Waals surface area contributed by atoms with Crippen molar-refractivity contribution in [3.8, 4) is 0 Å². The first-order chi connectivity index (χ1) is 11.7. The number of hydrogen-bond acceptors (Lipinski definition) is 4. The lowest BCUT2D eigenvalue weighted by atomic mass is 10.1. The standard InChI is InChI=1S/C12H6BrCl3F4N2O4/c1-26-8(23)3-2-4(12(18,19)20)5(13)6(17)7(3)21-10(25)22-9(24)11(14,15)16/h2H,1H3,(H2,21,22,24,25). The fourth-order valence-electron chi connectivity index (χ4n) is 1.54. The van der Waals surface area contributed by atoms with Crippen molar-refractivity contribution < 1.29 is 36.7 Å². The second-order valence-corrected chi connectivity index (χ2v) is 7.44. The number of alkyl halides is 6. The van der Waals surface area contributed by atoms with Gasteiger partial charge in [0.25, 0.3) is 9.70 Å². The summed E-state index contributed by atoms with van der Waals surface area (Å²) in [6.45, 7) is 0. The van der Waals surface area contributed by atoms with Crippen LogP contribution in [-0.2, 0) is 15.7 Å². The van der Waals surface area contributed by atoms with Gasteiger partial charge in [-0.2, -0.15) is 13.2 Å². The lowest BCUT2D eigenvalue weighted by Gasteiger charge is -2.17. The number of carbonyl (C=O) groups excluding carboxylic acids is 3. The van der Waals surface area contributed by atoms with Crippen LogP contribution in [0, 0.1) is 5.82 Å². The van der Waals surface area contributed by atoms with Gasteiger partial charge in [0.1, 0.15) is 0 Å². The van der Waals surface area contributed by atoms with E-state index in [9.17, 15) is 31.9 Å². The molecule has 0 saturated carbocycles. The smallest absolute Gasteiger partial charge is 0.417 e. The number of halogens is 8. The Morgan fingerprint density at radius 3 is 2.15 bits per heavy atom. The van der Waals surface area contributed by atoms with E-state index in [0.29, 0.717) is 0 Å². The molecule has 0 heterocycles. The predicted molar refractivity (Wildman–Crippen MR) is 87.9 cm³/mol. The molecular formula is C12H6BrCl3F4N2O4.